The predicted octanol–water partition coefficient (Wildman–Crippen LogP) is 1.38. The SMILES string of the molecule is CCOC(=O)C1=C(CN2C(=O)NC(C)(c3ccc(F)cc3Cl)C2=O)NC(=O)NC1. The number of carbonyl (C=O) groups is 4. The van der Waals surface area contributed by atoms with E-state index in [1.165, 1.54) is 13.0 Å². The summed E-state index contributed by atoms with van der Waals surface area (Å²) in [6.07, 6.45) is 0. The van der Waals surface area contributed by atoms with Crippen LogP contribution in [0, 0.1) is 5.82 Å². The van der Waals surface area contributed by atoms with Crippen LogP contribution in [0.4, 0.5) is 14.0 Å². The Bertz CT molecular complexity index is 950. The van der Waals surface area contributed by atoms with E-state index in [1.807, 2.05) is 0 Å². The zero-order chi connectivity index (χ0) is 21.3. The van der Waals surface area contributed by atoms with Crippen molar-refractivity contribution in [2.45, 2.75) is 19.4 Å². The van der Waals surface area contributed by atoms with Crippen LogP contribution in [-0.4, -0.2) is 48.5 Å². The molecule has 2 aliphatic rings. The maximum absolute atomic E-state index is 13.4. The first-order valence-electron chi connectivity index (χ1n) is 8.71. The molecule has 0 aliphatic carbocycles. The Hall–Kier alpha value is -3.14. The molecular formula is C18H18ClFN4O5. The summed E-state index contributed by atoms with van der Waals surface area (Å²) in [6.45, 7) is 2.72. The number of urea groups is 2. The van der Waals surface area contributed by atoms with Crippen molar-refractivity contribution in [3.05, 3.63) is 45.9 Å². The molecule has 5 amide bonds. The fraction of sp³-hybridized carbons (Fsp3) is 0.333. The van der Waals surface area contributed by atoms with Gasteiger partial charge < -0.3 is 20.7 Å². The van der Waals surface area contributed by atoms with Gasteiger partial charge in [-0.15, -0.1) is 0 Å². The van der Waals surface area contributed by atoms with Crippen LogP contribution >= 0.6 is 11.6 Å². The molecule has 0 bridgehead atoms. The summed E-state index contributed by atoms with van der Waals surface area (Å²) in [6, 6.07) is 2.15. The Morgan fingerprint density at radius 3 is 2.72 bits per heavy atom. The zero-order valence-electron chi connectivity index (χ0n) is 15.6. The minimum atomic E-state index is -1.54. The fourth-order valence-corrected chi connectivity index (χ4v) is 3.51. The monoisotopic (exact) mass is 424 g/mol. The van der Waals surface area contributed by atoms with Crippen molar-refractivity contribution in [1.82, 2.24) is 20.9 Å². The van der Waals surface area contributed by atoms with Gasteiger partial charge in [0.05, 0.1) is 31.0 Å². The Kier molecular flexibility index (Phi) is 5.47. The van der Waals surface area contributed by atoms with E-state index in [2.05, 4.69) is 16.0 Å². The van der Waals surface area contributed by atoms with Crippen molar-refractivity contribution in [2.75, 3.05) is 19.7 Å². The highest BCUT2D eigenvalue weighted by Gasteiger charge is 2.50. The molecule has 0 radical (unpaired) electrons. The number of hydrogen-bond donors (Lipinski definition) is 3. The summed E-state index contributed by atoms with van der Waals surface area (Å²) in [5, 5.41) is 7.39. The second kappa shape index (κ2) is 7.70. The molecule has 11 heteroatoms. The van der Waals surface area contributed by atoms with E-state index in [9.17, 15) is 23.6 Å². The molecular weight excluding hydrogens is 407 g/mol. The van der Waals surface area contributed by atoms with Crippen LogP contribution in [-0.2, 0) is 19.9 Å². The predicted molar refractivity (Wildman–Crippen MR) is 99.2 cm³/mol. The standard InChI is InChI=1S/C18H18ClFN4O5/c1-3-29-14(25)10-7-21-16(27)22-13(10)8-24-15(26)18(2,23-17(24)28)11-5-4-9(20)6-12(11)19/h4-6H,3,7-8H2,1-2H3,(H,23,28)(H2,21,22,27). The first-order chi connectivity index (χ1) is 13.7. The highest BCUT2D eigenvalue weighted by Crippen LogP contribution is 2.34. The lowest BCUT2D eigenvalue weighted by Crippen LogP contribution is -2.48. The molecule has 29 heavy (non-hydrogen) atoms. The van der Waals surface area contributed by atoms with Crippen molar-refractivity contribution in [3.8, 4) is 0 Å². The van der Waals surface area contributed by atoms with Gasteiger partial charge in [0, 0.05) is 10.6 Å². The molecule has 9 nitrogen and oxygen atoms in total. The minimum Gasteiger partial charge on any atom is -0.463 e. The number of ether oxygens (including phenoxy) is 1. The molecule has 2 heterocycles. The van der Waals surface area contributed by atoms with Crippen LogP contribution in [0.15, 0.2) is 29.5 Å². The van der Waals surface area contributed by atoms with Gasteiger partial charge in [-0.05, 0) is 26.0 Å². The Morgan fingerprint density at radius 2 is 2.07 bits per heavy atom. The number of esters is 1. The largest absolute Gasteiger partial charge is 0.463 e. The van der Waals surface area contributed by atoms with E-state index >= 15 is 0 Å². The molecule has 1 atom stereocenters. The second-order valence-electron chi connectivity index (χ2n) is 6.56. The molecule has 154 valence electrons. The smallest absolute Gasteiger partial charge is 0.337 e. The first-order valence-corrected chi connectivity index (χ1v) is 9.08. The number of benzene rings is 1. The van der Waals surface area contributed by atoms with Crippen LogP contribution in [0.2, 0.25) is 5.02 Å². The lowest BCUT2D eigenvalue weighted by atomic mass is 9.92. The number of nitrogens with zero attached hydrogens (tertiary/aromatic N) is 1. The molecule has 1 saturated heterocycles. The van der Waals surface area contributed by atoms with Crippen molar-refractivity contribution in [2.24, 2.45) is 0 Å². The average molecular weight is 425 g/mol. The van der Waals surface area contributed by atoms with E-state index in [-0.39, 0.29) is 41.6 Å². The van der Waals surface area contributed by atoms with Gasteiger partial charge in [-0.2, -0.15) is 0 Å². The summed E-state index contributed by atoms with van der Waals surface area (Å²) < 4.78 is 18.3. The number of halogens is 2. The zero-order valence-corrected chi connectivity index (χ0v) is 16.4. The van der Waals surface area contributed by atoms with Crippen LogP contribution in [0.1, 0.15) is 19.4 Å². The molecule has 1 aromatic carbocycles. The number of imide groups is 1. The molecule has 0 aromatic heterocycles. The van der Waals surface area contributed by atoms with Gasteiger partial charge in [-0.1, -0.05) is 17.7 Å². The van der Waals surface area contributed by atoms with Gasteiger partial charge in [0.1, 0.15) is 11.4 Å². The lowest BCUT2D eigenvalue weighted by Gasteiger charge is -2.25. The third-order valence-corrected chi connectivity index (χ3v) is 4.95. The summed E-state index contributed by atoms with van der Waals surface area (Å²) in [5.74, 6) is -1.93. The van der Waals surface area contributed by atoms with E-state index in [0.29, 0.717) is 0 Å². The highest BCUT2D eigenvalue weighted by atomic mass is 35.5. The summed E-state index contributed by atoms with van der Waals surface area (Å²) in [5.41, 5.74) is -1.15. The van der Waals surface area contributed by atoms with Crippen molar-refractivity contribution in [1.29, 1.82) is 0 Å². The molecule has 1 aromatic rings. The third-order valence-electron chi connectivity index (χ3n) is 4.64. The number of carbonyl (C=O) groups excluding carboxylic acids is 4. The average Bonchev–Trinajstić information content (AvgIpc) is 2.85. The van der Waals surface area contributed by atoms with Crippen LogP contribution in [0.3, 0.4) is 0 Å². The minimum absolute atomic E-state index is 0.0235. The maximum atomic E-state index is 13.4. The van der Waals surface area contributed by atoms with Gasteiger partial charge >= 0.3 is 18.0 Å². The first kappa shape index (κ1) is 20.6. The van der Waals surface area contributed by atoms with Gasteiger partial charge in [0.15, 0.2) is 0 Å². The van der Waals surface area contributed by atoms with E-state index < -0.39 is 35.3 Å². The van der Waals surface area contributed by atoms with E-state index in [4.69, 9.17) is 16.3 Å². The molecule has 2 aliphatic heterocycles. The lowest BCUT2D eigenvalue weighted by molar-refractivity contribution is -0.139. The third kappa shape index (κ3) is 3.75. The van der Waals surface area contributed by atoms with Crippen molar-refractivity contribution >= 4 is 35.5 Å². The Labute approximate surface area is 170 Å². The van der Waals surface area contributed by atoms with Gasteiger partial charge in [-0.25, -0.2) is 18.8 Å². The second-order valence-corrected chi connectivity index (χ2v) is 6.96. The summed E-state index contributed by atoms with van der Waals surface area (Å²) in [4.78, 5) is 50.3. The molecule has 3 rings (SSSR count). The molecule has 3 N–H and O–H groups in total. The molecule has 1 unspecified atom stereocenters. The molecule has 0 spiro atoms. The molecule has 1 fully saturated rings. The van der Waals surface area contributed by atoms with Crippen LogP contribution < -0.4 is 16.0 Å². The van der Waals surface area contributed by atoms with Crippen molar-refractivity contribution < 1.29 is 28.3 Å². The topological polar surface area (TPSA) is 117 Å². The number of amides is 5. The quantitative estimate of drug-likeness (QED) is 0.487. The number of nitrogens with one attached hydrogen (secondary N) is 3. The van der Waals surface area contributed by atoms with Gasteiger partial charge in [0.25, 0.3) is 5.91 Å². The van der Waals surface area contributed by atoms with Crippen molar-refractivity contribution in [3.63, 3.8) is 0 Å². The fourth-order valence-electron chi connectivity index (χ4n) is 3.16. The number of hydrogen-bond acceptors (Lipinski definition) is 5. The summed E-state index contributed by atoms with van der Waals surface area (Å²) >= 11 is 6.07. The number of rotatable bonds is 5. The summed E-state index contributed by atoms with van der Waals surface area (Å²) in [7, 11) is 0. The van der Waals surface area contributed by atoms with Crippen LogP contribution in [0.25, 0.3) is 0 Å². The van der Waals surface area contributed by atoms with Gasteiger partial charge in [0.2, 0.25) is 0 Å². The van der Waals surface area contributed by atoms with E-state index in [1.54, 1.807) is 6.92 Å². The van der Waals surface area contributed by atoms with E-state index in [0.717, 1.165) is 17.0 Å². The highest BCUT2D eigenvalue weighted by molar-refractivity contribution is 6.32. The van der Waals surface area contributed by atoms with Crippen LogP contribution in [0.5, 0.6) is 0 Å². The van der Waals surface area contributed by atoms with Gasteiger partial charge in [-0.3, -0.25) is 9.69 Å². The maximum Gasteiger partial charge on any atom is 0.337 e. The molecule has 0 saturated carbocycles. The Morgan fingerprint density at radius 1 is 1.34 bits per heavy atom. The Balaban J connectivity index is 1.93. The normalized spacial score (nSPS) is 21.7.